The Labute approximate surface area is 127 Å². The molecule has 3 heteroatoms. The van der Waals surface area contributed by atoms with Crippen LogP contribution in [-0.4, -0.2) is 8.42 Å². The fourth-order valence-corrected chi connectivity index (χ4v) is 3.51. The first-order valence-corrected chi connectivity index (χ1v) is 8.72. The quantitative estimate of drug-likeness (QED) is 0.848. The van der Waals surface area contributed by atoms with Crippen LogP contribution < -0.4 is 0 Å². The summed E-state index contributed by atoms with van der Waals surface area (Å²) in [6.07, 6.45) is 0. The molecule has 0 saturated carbocycles. The van der Waals surface area contributed by atoms with Crippen molar-refractivity contribution in [1.82, 2.24) is 0 Å². The van der Waals surface area contributed by atoms with Crippen LogP contribution in [0.2, 0.25) is 0 Å². The van der Waals surface area contributed by atoms with Gasteiger partial charge in [-0.3, -0.25) is 0 Å². The van der Waals surface area contributed by atoms with Crippen molar-refractivity contribution in [2.75, 3.05) is 0 Å². The van der Waals surface area contributed by atoms with Crippen molar-refractivity contribution in [3.63, 3.8) is 0 Å². The van der Waals surface area contributed by atoms with E-state index in [0.717, 1.165) is 16.7 Å². The van der Waals surface area contributed by atoms with Crippen LogP contribution >= 0.6 is 0 Å². The van der Waals surface area contributed by atoms with Crippen molar-refractivity contribution in [2.24, 2.45) is 0 Å². The highest BCUT2D eigenvalue weighted by atomic mass is 32.2. The SMILES string of the molecule is Cc1ccc(S(=O)(=O)Cc2cccc(C(C)(C)C)c2)cc1. The highest BCUT2D eigenvalue weighted by molar-refractivity contribution is 7.90. The number of rotatable bonds is 3. The molecule has 2 nitrogen and oxygen atoms in total. The Morgan fingerprint density at radius 3 is 2.14 bits per heavy atom. The Bertz CT molecular complexity index is 721. The van der Waals surface area contributed by atoms with Gasteiger partial charge in [-0.2, -0.15) is 0 Å². The Balaban J connectivity index is 2.31. The molecular weight excluding hydrogens is 280 g/mol. The maximum Gasteiger partial charge on any atom is 0.182 e. The minimum Gasteiger partial charge on any atom is -0.223 e. The van der Waals surface area contributed by atoms with Crippen LogP contribution in [0.3, 0.4) is 0 Å². The van der Waals surface area contributed by atoms with Crippen LogP contribution in [0.1, 0.15) is 37.5 Å². The van der Waals surface area contributed by atoms with Gasteiger partial charge in [-0.05, 0) is 35.6 Å². The van der Waals surface area contributed by atoms with Crippen LogP contribution in [0.25, 0.3) is 0 Å². The zero-order chi connectivity index (χ0) is 15.7. The van der Waals surface area contributed by atoms with E-state index < -0.39 is 9.84 Å². The van der Waals surface area contributed by atoms with Gasteiger partial charge in [0.05, 0.1) is 10.6 Å². The summed E-state index contributed by atoms with van der Waals surface area (Å²) in [5.41, 5.74) is 3.06. The van der Waals surface area contributed by atoms with Gasteiger partial charge in [-0.15, -0.1) is 0 Å². The molecule has 0 radical (unpaired) electrons. The van der Waals surface area contributed by atoms with E-state index in [-0.39, 0.29) is 11.2 Å². The summed E-state index contributed by atoms with van der Waals surface area (Å²) in [6, 6.07) is 14.9. The Morgan fingerprint density at radius 1 is 0.952 bits per heavy atom. The molecule has 0 saturated heterocycles. The summed E-state index contributed by atoms with van der Waals surface area (Å²) in [5.74, 6) is 0.0416. The third kappa shape index (κ3) is 3.94. The van der Waals surface area contributed by atoms with Crippen LogP contribution in [0, 0.1) is 6.92 Å². The van der Waals surface area contributed by atoms with Gasteiger partial charge in [-0.25, -0.2) is 8.42 Å². The van der Waals surface area contributed by atoms with E-state index in [1.165, 1.54) is 0 Å². The topological polar surface area (TPSA) is 34.1 Å². The summed E-state index contributed by atoms with van der Waals surface area (Å²) in [5, 5.41) is 0. The van der Waals surface area contributed by atoms with Crippen molar-refractivity contribution >= 4 is 9.84 Å². The molecule has 2 rings (SSSR count). The average Bonchev–Trinajstić information content (AvgIpc) is 2.38. The van der Waals surface area contributed by atoms with Gasteiger partial charge in [0, 0.05) is 0 Å². The van der Waals surface area contributed by atoms with Gasteiger partial charge in [-0.1, -0.05) is 62.7 Å². The maximum atomic E-state index is 12.5. The van der Waals surface area contributed by atoms with Crippen LogP contribution in [-0.2, 0) is 21.0 Å². The molecule has 112 valence electrons. The molecule has 0 fully saturated rings. The van der Waals surface area contributed by atoms with Crippen LogP contribution in [0.15, 0.2) is 53.4 Å². The summed E-state index contributed by atoms with van der Waals surface area (Å²) >= 11 is 0. The first kappa shape index (κ1) is 15.8. The van der Waals surface area contributed by atoms with E-state index >= 15 is 0 Å². The van der Waals surface area contributed by atoms with E-state index in [2.05, 4.69) is 20.8 Å². The third-order valence-electron chi connectivity index (χ3n) is 3.53. The summed E-state index contributed by atoms with van der Waals surface area (Å²) in [7, 11) is -3.29. The number of sulfone groups is 1. The lowest BCUT2D eigenvalue weighted by Crippen LogP contribution is -2.12. The Hall–Kier alpha value is -1.61. The molecule has 0 aliphatic rings. The van der Waals surface area contributed by atoms with Crippen molar-refractivity contribution in [1.29, 1.82) is 0 Å². The zero-order valence-electron chi connectivity index (χ0n) is 13.1. The molecule has 0 aliphatic heterocycles. The molecule has 0 bridgehead atoms. The molecular formula is C18H22O2S. The molecule has 2 aromatic rings. The molecule has 21 heavy (non-hydrogen) atoms. The second kappa shape index (κ2) is 5.64. The largest absolute Gasteiger partial charge is 0.223 e. The van der Waals surface area contributed by atoms with Gasteiger partial charge in [0.15, 0.2) is 9.84 Å². The van der Waals surface area contributed by atoms with E-state index in [1.807, 2.05) is 43.3 Å². The molecule has 0 atom stereocenters. The van der Waals surface area contributed by atoms with E-state index in [0.29, 0.717) is 4.90 Å². The van der Waals surface area contributed by atoms with Gasteiger partial charge < -0.3 is 0 Å². The number of hydrogen-bond donors (Lipinski definition) is 0. The normalized spacial score (nSPS) is 12.4. The lowest BCUT2D eigenvalue weighted by Gasteiger charge is -2.19. The van der Waals surface area contributed by atoms with Gasteiger partial charge in [0.2, 0.25) is 0 Å². The smallest absolute Gasteiger partial charge is 0.182 e. The van der Waals surface area contributed by atoms with E-state index in [9.17, 15) is 8.42 Å². The zero-order valence-corrected chi connectivity index (χ0v) is 13.9. The first-order chi connectivity index (χ1) is 9.68. The highest BCUT2D eigenvalue weighted by Gasteiger charge is 2.18. The summed E-state index contributed by atoms with van der Waals surface area (Å²) in [4.78, 5) is 0.384. The number of benzene rings is 2. The fourth-order valence-electron chi connectivity index (χ4n) is 2.18. The maximum absolute atomic E-state index is 12.5. The number of hydrogen-bond acceptors (Lipinski definition) is 2. The predicted molar refractivity (Wildman–Crippen MR) is 87.2 cm³/mol. The van der Waals surface area contributed by atoms with Crippen molar-refractivity contribution in [3.8, 4) is 0 Å². The van der Waals surface area contributed by atoms with Gasteiger partial charge in [0.25, 0.3) is 0 Å². The van der Waals surface area contributed by atoms with Crippen molar-refractivity contribution < 1.29 is 8.42 Å². The van der Waals surface area contributed by atoms with E-state index in [1.54, 1.807) is 12.1 Å². The first-order valence-electron chi connectivity index (χ1n) is 7.07. The van der Waals surface area contributed by atoms with Gasteiger partial charge in [0.1, 0.15) is 0 Å². The standard InChI is InChI=1S/C18H22O2S/c1-14-8-10-17(11-9-14)21(19,20)13-15-6-5-7-16(12-15)18(2,3)4/h5-12H,13H2,1-4H3. The Morgan fingerprint density at radius 2 is 1.57 bits per heavy atom. The Kier molecular flexibility index (Phi) is 4.24. The highest BCUT2D eigenvalue weighted by Crippen LogP contribution is 2.24. The fraction of sp³-hybridized carbons (Fsp3) is 0.333. The lowest BCUT2D eigenvalue weighted by molar-refractivity contribution is 0.587. The molecule has 0 aliphatic carbocycles. The molecule has 0 heterocycles. The number of aryl methyl sites for hydroxylation is 1. The molecule has 2 aromatic carbocycles. The molecule has 0 spiro atoms. The minimum absolute atomic E-state index is 0.0175. The molecule has 0 N–H and O–H groups in total. The second-order valence-electron chi connectivity index (χ2n) is 6.52. The van der Waals surface area contributed by atoms with E-state index in [4.69, 9.17) is 0 Å². The monoisotopic (exact) mass is 302 g/mol. The lowest BCUT2D eigenvalue weighted by atomic mass is 9.86. The van der Waals surface area contributed by atoms with Gasteiger partial charge >= 0.3 is 0 Å². The molecule has 0 unspecified atom stereocenters. The van der Waals surface area contributed by atoms with Crippen LogP contribution in [0.4, 0.5) is 0 Å². The average molecular weight is 302 g/mol. The third-order valence-corrected chi connectivity index (χ3v) is 5.23. The second-order valence-corrected chi connectivity index (χ2v) is 8.51. The summed E-state index contributed by atoms with van der Waals surface area (Å²) < 4.78 is 24.9. The van der Waals surface area contributed by atoms with Crippen molar-refractivity contribution in [2.45, 2.75) is 43.8 Å². The minimum atomic E-state index is -3.29. The summed E-state index contributed by atoms with van der Waals surface area (Å²) in [6.45, 7) is 8.32. The predicted octanol–water partition coefficient (Wildman–Crippen LogP) is 4.27. The molecule has 0 aromatic heterocycles. The van der Waals surface area contributed by atoms with Crippen LogP contribution in [0.5, 0.6) is 0 Å². The molecule has 0 amide bonds. The van der Waals surface area contributed by atoms with Crippen molar-refractivity contribution in [3.05, 3.63) is 65.2 Å².